The molecule has 0 amide bonds. The van der Waals surface area contributed by atoms with E-state index in [1.165, 1.54) is 18.5 Å². The fourth-order valence-electron chi connectivity index (χ4n) is 3.71. The molecular formula is C21H23N5. The van der Waals surface area contributed by atoms with Crippen LogP contribution in [-0.2, 0) is 13.0 Å². The standard InChI is InChI=1S/C21H23N5/c1-2-21-23-14-17(24-21)15-25-11-5-6-12-26(25)20-10-9-16(13-22)18-7-3-4-8-19(18)20/h3-4,7-10,14H,2,5-6,11-12,15H2,1H3,(H,23,24). The van der Waals surface area contributed by atoms with E-state index in [9.17, 15) is 5.26 Å². The minimum Gasteiger partial charge on any atom is -0.348 e. The molecule has 0 bridgehead atoms. The van der Waals surface area contributed by atoms with Crippen molar-refractivity contribution >= 4 is 16.5 Å². The van der Waals surface area contributed by atoms with Gasteiger partial charge in [0.15, 0.2) is 0 Å². The first kappa shape index (κ1) is 16.6. The maximum absolute atomic E-state index is 9.42. The van der Waals surface area contributed by atoms with Crippen LogP contribution in [-0.4, -0.2) is 28.1 Å². The second-order valence-electron chi connectivity index (χ2n) is 6.70. The van der Waals surface area contributed by atoms with Crippen LogP contribution >= 0.6 is 0 Å². The summed E-state index contributed by atoms with van der Waals surface area (Å²) in [5.74, 6) is 1.03. The Balaban J connectivity index is 1.70. The molecule has 4 rings (SSSR count). The molecule has 0 spiro atoms. The number of nitrogens with one attached hydrogen (secondary N) is 1. The third-order valence-corrected chi connectivity index (χ3v) is 5.04. The summed E-state index contributed by atoms with van der Waals surface area (Å²) in [5.41, 5.74) is 2.98. The summed E-state index contributed by atoms with van der Waals surface area (Å²) < 4.78 is 0. The molecule has 5 nitrogen and oxygen atoms in total. The second-order valence-corrected chi connectivity index (χ2v) is 6.70. The average Bonchev–Trinajstić information content (AvgIpc) is 3.15. The molecule has 0 radical (unpaired) electrons. The normalized spacial score (nSPS) is 15.3. The van der Waals surface area contributed by atoms with Gasteiger partial charge in [-0.15, -0.1) is 0 Å². The molecule has 1 aromatic heterocycles. The van der Waals surface area contributed by atoms with Crippen molar-refractivity contribution in [2.24, 2.45) is 0 Å². The molecule has 3 aromatic rings. The van der Waals surface area contributed by atoms with Crippen LogP contribution in [0.2, 0.25) is 0 Å². The molecule has 1 aliphatic rings. The van der Waals surface area contributed by atoms with Gasteiger partial charge in [-0.05, 0) is 25.0 Å². The van der Waals surface area contributed by atoms with Gasteiger partial charge in [-0.3, -0.25) is 0 Å². The molecule has 2 heterocycles. The Bertz CT molecular complexity index is 952. The zero-order valence-corrected chi connectivity index (χ0v) is 15.1. The number of hydrogen-bond donors (Lipinski definition) is 1. The number of imidazole rings is 1. The number of aromatic amines is 1. The molecule has 26 heavy (non-hydrogen) atoms. The highest BCUT2D eigenvalue weighted by Gasteiger charge is 2.23. The Morgan fingerprint density at radius 3 is 2.69 bits per heavy atom. The van der Waals surface area contributed by atoms with Crippen LogP contribution in [0.4, 0.5) is 5.69 Å². The lowest BCUT2D eigenvalue weighted by molar-refractivity contribution is 0.203. The summed E-state index contributed by atoms with van der Waals surface area (Å²) in [4.78, 5) is 7.93. The Hall–Kier alpha value is -2.84. The maximum atomic E-state index is 9.42. The molecule has 0 atom stereocenters. The van der Waals surface area contributed by atoms with Gasteiger partial charge in [-0.1, -0.05) is 31.2 Å². The Kier molecular flexibility index (Phi) is 4.59. The summed E-state index contributed by atoms with van der Waals surface area (Å²) >= 11 is 0. The highest BCUT2D eigenvalue weighted by Crippen LogP contribution is 2.32. The third-order valence-electron chi connectivity index (χ3n) is 5.04. The molecule has 1 fully saturated rings. The summed E-state index contributed by atoms with van der Waals surface area (Å²) in [5, 5.41) is 16.3. The lowest BCUT2D eigenvalue weighted by atomic mass is 10.0. The zero-order valence-electron chi connectivity index (χ0n) is 15.1. The van der Waals surface area contributed by atoms with Crippen LogP contribution in [0.5, 0.6) is 0 Å². The first-order valence-corrected chi connectivity index (χ1v) is 9.27. The smallest absolute Gasteiger partial charge is 0.106 e. The molecule has 5 heteroatoms. The van der Waals surface area contributed by atoms with E-state index in [4.69, 9.17) is 0 Å². The predicted molar refractivity (Wildman–Crippen MR) is 104 cm³/mol. The van der Waals surface area contributed by atoms with Crippen molar-refractivity contribution in [1.29, 1.82) is 5.26 Å². The van der Waals surface area contributed by atoms with Gasteiger partial charge in [0.2, 0.25) is 0 Å². The largest absolute Gasteiger partial charge is 0.348 e. The van der Waals surface area contributed by atoms with Crippen molar-refractivity contribution < 1.29 is 0 Å². The van der Waals surface area contributed by atoms with Gasteiger partial charge < -0.3 is 9.99 Å². The molecule has 0 saturated carbocycles. The number of H-pyrrole nitrogens is 1. The molecule has 1 saturated heterocycles. The highest BCUT2D eigenvalue weighted by molar-refractivity contribution is 5.97. The summed E-state index contributed by atoms with van der Waals surface area (Å²) in [6, 6.07) is 14.5. The number of rotatable bonds is 4. The molecule has 132 valence electrons. The van der Waals surface area contributed by atoms with Crippen LogP contribution < -0.4 is 5.01 Å². The van der Waals surface area contributed by atoms with E-state index >= 15 is 0 Å². The first-order valence-electron chi connectivity index (χ1n) is 9.27. The Morgan fingerprint density at radius 2 is 1.92 bits per heavy atom. The summed E-state index contributed by atoms with van der Waals surface area (Å²) in [6.07, 6.45) is 5.30. The number of benzene rings is 2. The van der Waals surface area contributed by atoms with Gasteiger partial charge in [-0.2, -0.15) is 5.26 Å². The van der Waals surface area contributed by atoms with Gasteiger partial charge in [-0.25, -0.2) is 9.99 Å². The quantitative estimate of drug-likeness (QED) is 0.776. The number of nitriles is 1. The third kappa shape index (κ3) is 3.04. The van der Waals surface area contributed by atoms with Gasteiger partial charge in [0.05, 0.1) is 29.6 Å². The van der Waals surface area contributed by atoms with E-state index in [1.54, 1.807) is 0 Å². The SMILES string of the molecule is CCc1nc(CN2CCCCN2c2ccc(C#N)c3ccccc23)c[nH]1. The van der Waals surface area contributed by atoms with E-state index in [2.05, 4.69) is 45.1 Å². The van der Waals surface area contributed by atoms with Crippen molar-refractivity contribution in [2.75, 3.05) is 18.1 Å². The van der Waals surface area contributed by atoms with Gasteiger partial charge >= 0.3 is 0 Å². The number of hydrazine groups is 1. The number of aromatic nitrogens is 2. The number of nitrogens with zero attached hydrogens (tertiary/aromatic N) is 4. The van der Waals surface area contributed by atoms with Gasteiger partial charge in [0.1, 0.15) is 5.82 Å². The minimum absolute atomic E-state index is 0.729. The van der Waals surface area contributed by atoms with Crippen molar-refractivity contribution in [3.63, 3.8) is 0 Å². The fourth-order valence-corrected chi connectivity index (χ4v) is 3.71. The number of aryl methyl sites for hydroxylation is 1. The van der Waals surface area contributed by atoms with Crippen LogP contribution in [0.15, 0.2) is 42.6 Å². The molecule has 2 aromatic carbocycles. The number of fused-ring (bicyclic) bond motifs is 1. The Morgan fingerprint density at radius 1 is 1.12 bits per heavy atom. The number of hydrogen-bond acceptors (Lipinski definition) is 4. The van der Waals surface area contributed by atoms with E-state index in [-0.39, 0.29) is 0 Å². The molecule has 0 unspecified atom stereocenters. The van der Waals surface area contributed by atoms with Gasteiger partial charge in [0.25, 0.3) is 0 Å². The minimum atomic E-state index is 0.729. The molecule has 0 aliphatic carbocycles. The molecular weight excluding hydrogens is 322 g/mol. The van der Waals surface area contributed by atoms with Crippen LogP contribution in [0.25, 0.3) is 10.8 Å². The zero-order chi connectivity index (χ0) is 17.9. The molecule has 1 N–H and O–H groups in total. The lowest BCUT2D eigenvalue weighted by Gasteiger charge is -2.40. The lowest BCUT2D eigenvalue weighted by Crippen LogP contribution is -2.47. The summed E-state index contributed by atoms with van der Waals surface area (Å²) in [6.45, 7) is 4.91. The van der Waals surface area contributed by atoms with Crippen molar-refractivity contribution in [1.82, 2.24) is 15.0 Å². The summed E-state index contributed by atoms with van der Waals surface area (Å²) in [7, 11) is 0. The van der Waals surface area contributed by atoms with E-state index in [0.29, 0.717) is 0 Å². The van der Waals surface area contributed by atoms with Crippen LogP contribution in [0.1, 0.15) is 36.8 Å². The second kappa shape index (κ2) is 7.19. The van der Waals surface area contributed by atoms with Crippen LogP contribution in [0.3, 0.4) is 0 Å². The van der Waals surface area contributed by atoms with E-state index in [1.807, 2.05) is 30.5 Å². The van der Waals surface area contributed by atoms with Crippen molar-refractivity contribution in [3.8, 4) is 6.07 Å². The topological polar surface area (TPSA) is 59.0 Å². The highest BCUT2D eigenvalue weighted by atomic mass is 15.6. The van der Waals surface area contributed by atoms with E-state index in [0.717, 1.165) is 53.9 Å². The maximum Gasteiger partial charge on any atom is 0.106 e. The average molecular weight is 345 g/mol. The monoisotopic (exact) mass is 345 g/mol. The van der Waals surface area contributed by atoms with Gasteiger partial charge in [0, 0.05) is 36.5 Å². The fraction of sp³-hybridized carbons (Fsp3) is 0.333. The Labute approximate surface area is 153 Å². The predicted octanol–water partition coefficient (Wildman–Crippen LogP) is 4.01. The van der Waals surface area contributed by atoms with E-state index < -0.39 is 0 Å². The first-order chi connectivity index (χ1) is 12.8. The molecule has 1 aliphatic heterocycles. The van der Waals surface area contributed by atoms with Crippen molar-refractivity contribution in [3.05, 3.63) is 59.7 Å². The number of anilines is 1. The van der Waals surface area contributed by atoms with Crippen molar-refractivity contribution in [2.45, 2.75) is 32.7 Å². The van der Waals surface area contributed by atoms with Crippen LogP contribution in [0, 0.1) is 11.3 Å².